The first-order chi connectivity index (χ1) is 13.2. The van der Waals surface area contributed by atoms with E-state index in [4.69, 9.17) is 4.52 Å². The Balaban J connectivity index is 1.50. The van der Waals surface area contributed by atoms with E-state index in [0.29, 0.717) is 17.9 Å². The van der Waals surface area contributed by atoms with Gasteiger partial charge in [0.05, 0.1) is 6.54 Å². The molecule has 27 heavy (non-hydrogen) atoms. The zero-order valence-corrected chi connectivity index (χ0v) is 15.4. The van der Waals surface area contributed by atoms with Crippen LogP contribution in [0.15, 0.2) is 71.4 Å². The Hall–Kier alpha value is -3.34. The summed E-state index contributed by atoms with van der Waals surface area (Å²) in [5, 5.41) is 5.18. The van der Waals surface area contributed by atoms with E-state index in [-0.39, 0.29) is 5.91 Å². The molecular formula is C22H21N3O2. The van der Waals surface area contributed by atoms with Crippen molar-refractivity contribution in [3.05, 3.63) is 78.2 Å². The van der Waals surface area contributed by atoms with Gasteiger partial charge in [0.15, 0.2) is 5.76 Å². The first-order valence-electron chi connectivity index (χ1n) is 9.01. The maximum atomic E-state index is 12.8. The quantitative estimate of drug-likeness (QED) is 0.524. The SMILES string of the molecule is CCn1ccc2cc(C(=O)N(C)Cc3cc(-c4ccccc4)no3)ccc21. The van der Waals surface area contributed by atoms with E-state index in [0.717, 1.165) is 28.7 Å². The molecule has 1 amide bonds. The molecule has 0 N–H and O–H groups in total. The Morgan fingerprint density at radius 3 is 2.70 bits per heavy atom. The standard InChI is InChI=1S/C22H21N3O2/c1-3-25-12-11-17-13-18(9-10-21(17)25)22(26)24(2)15-19-14-20(23-27-19)16-7-5-4-6-8-16/h4-14H,3,15H2,1-2H3. The van der Waals surface area contributed by atoms with Crippen LogP contribution in [-0.4, -0.2) is 27.6 Å². The molecule has 0 unspecified atom stereocenters. The van der Waals surface area contributed by atoms with Crippen LogP contribution in [0.5, 0.6) is 0 Å². The predicted octanol–water partition coefficient (Wildman–Crippen LogP) is 4.59. The lowest BCUT2D eigenvalue weighted by molar-refractivity contribution is 0.0772. The summed E-state index contributed by atoms with van der Waals surface area (Å²) in [4.78, 5) is 14.4. The molecular weight excluding hydrogens is 338 g/mol. The normalized spacial score (nSPS) is 11.0. The molecule has 0 atom stereocenters. The number of aryl methyl sites for hydroxylation is 1. The molecule has 0 fully saturated rings. The second kappa shape index (κ2) is 7.11. The highest BCUT2D eigenvalue weighted by Crippen LogP contribution is 2.21. The molecule has 136 valence electrons. The number of hydrogen-bond acceptors (Lipinski definition) is 3. The number of carbonyl (C=O) groups excluding carboxylic acids is 1. The molecule has 0 aliphatic carbocycles. The lowest BCUT2D eigenvalue weighted by Crippen LogP contribution is -2.25. The van der Waals surface area contributed by atoms with Crippen molar-refractivity contribution in [1.29, 1.82) is 0 Å². The van der Waals surface area contributed by atoms with Crippen LogP contribution in [-0.2, 0) is 13.1 Å². The Labute approximate surface area is 157 Å². The summed E-state index contributed by atoms with van der Waals surface area (Å²) in [6.07, 6.45) is 2.04. The average molecular weight is 359 g/mol. The molecule has 2 heterocycles. The average Bonchev–Trinajstić information content (AvgIpc) is 3.34. The van der Waals surface area contributed by atoms with Crippen LogP contribution in [0, 0.1) is 0 Å². The number of aromatic nitrogens is 2. The number of carbonyl (C=O) groups is 1. The third-order valence-electron chi connectivity index (χ3n) is 4.73. The molecule has 0 radical (unpaired) electrons. The maximum Gasteiger partial charge on any atom is 0.254 e. The fourth-order valence-corrected chi connectivity index (χ4v) is 3.27. The van der Waals surface area contributed by atoms with E-state index in [2.05, 4.69) is 16.6 Å². The summed E-state index contributed by atoms with van der Waals surface area (Å²) >= 11 is 0. The summed E-state index contributed by atoms with van der Waals surface area (Å²) in [7, 11) is 1.77. The molecule has 4 aromatic rings. The highest BCUT2D eigenvalue weighted by Gasteiger charge is 2.16. The number of nitrogens with zero attached hydrogens (tertiary/aromatic N) is 3. The van der Waals surface area contributed by atoms with Gasteiger partial charge in [-0.2, -0.15) is 0 Å². The largest absolute Gasteiger partial charge is 0.359 e. The van der Waals surface area contributed by atoms with Crippen molar-refractivity contribution in [1.82, 2.24) is 14.6 Å². The Morgan fingerprint density at radius 2 is 1.93 bits per heavy atom. The fraction of sp³-hybridized carbons (Fsp3) is 0.182. The Kier molecular flexibility index (Phi) is 4.50. The van der Waals surface area contributed by atoms with Gasteiger partial charge in [0.2, 0.25) is 0 Å². The van der Waals surface area contributed by atoms with Crippen molar-refractivity contribution >= 4 is 16.8 Å². The minimum atomic E-state index is -0.0428. The van der Waals surface area contributed by atoms with Gasteiger partial charge >= 0.3 is 0 Å². The Morgan fingerprint density at radius 1 is 1.11 bits per heavy atom. The molecule has 0 saturated carbocycles. The number of benzene rings is 2. The Bertz CT molecular complexity index is 1080. The van der Waals surface area contributed by atoms with E-state index < -0.39 is 0 Å². The number of rotatable bonds is 5. The molecule has 0 spiro atoms. The molecule has 5 nitrogen and oxygen atoms in total. The van der Waals surface area contributed by atoms with Gasteiger partial charge in [-0.25, -0.2) is 0 Å². The van der Waals surface area contributed by atoms with Crippen molar-refractivity contribution in [2.45, 2.75) is 20.0 Å². The predicted molar refractivity (Wildman–Crippen MR) is 105 cm³/mol. The summed E-state index contributed by atoms with van der Waals surface area (Å²) in [5.74, 6) is 0.613. The maximum absolute atomic E-state index is 12.8. The van der Waals surface area contributed by atoms with Gasteiger partial charge in [-0.3, -0.25) is 4.79 Å². The van der Waals surface area contributed by atoms with E-state index in [1.165, 1.54) is 0 Å². The van der Waals surface area contributed by atoms with Gasteiger partial charge in [0, 0.05) is 47.9 Å². The van der Waals surface area contributed by atoms with Crippen LogP contribution in [0.25, 0.3) is 22.2 Å². The first kappa shape index (κ1) is 17.1. The minimum Gasteiger partial charge on any atom is -0.359 e. The molecule has 5 heteroatoms. The zero-order chi connectivity index (χ0) is 18.8. The van der Waals surface area contributed by atoms with Crippen LogP contribution < -0.4 is 0 Å². The summed E-state index contributed by atoms with van der Waals surface area (Å²) < 4.78 is 7.58. The van der Waals surface area contributed by atoms with Crippen LogP contribution in [0.3, 0.4) is 0 Å². The van der Waals surface area contributed by atoms with Crippen molar-refractivity contribution in [2.24, 2.45) is 0 Å². The molecule has 0 saturated heterocycles. The van der Waals surface area contributed by atoms with Gasteiger partial charge < -0.3 is 14.0 Å². The van der Waals surface area contributed by atoms with E-state index in [9.17, 15) is 4.79 Å². The zero-order valence-electron chi connectivity index (χ0n) is 15.4. The second-order valence-corrected chi connectivity index (χ2v) is 6.58. The van der Waals surface area contributed by atoms with Crippen LogP contribution in [0.4, 0.5) is 0 Å². The van der Waals surface area contributed by atoms with E-state index >= 15 is 0 Å². The molecule has 0 aliphatic heterocycles. The third-order valence-corrected chi connectivity index (χ3v) is 4.73. The molecule has 4 rings (SSSR count). The lowest BCUT2D eigenvalue weighted by atomic mass is 10.1. The van der Waals surface area contributed by atoms with E-state index in [1.54, 1.807) is 11.9 Å². The highest BCUT2D eigenvalue weighted by molar-refractivity contribution is 5.98. The van der Waals surface area contributed by atoms with Crippen LogP contribution in [0.1, 0.15) is 23.0 Å². The van der Waals surface area contributed by atoms with Crippen molar-refractivity contribution < 1.29 is 9.32 Å². The van der Waals surface area contributed by atoms with Gasteiger partial charge in [0.1, 0.15) is 5.69 Å². The summed E-state index contributed by atoms with van der Waals surface area (Å²) in [6.45, 7) is 3.38. The monoisotopic (exact) mass is 359 g/mol. The number of fused-ring (bicyclic) bond motifs is 1. The molecule has 2 aromatic heterocycles. The van der Waals surface area contributed by atoms with Crippen LogP contribution >= 0.6 is 0 Å². The fourth-order valence-electron chi connectivity index (χ4n) is 3.27. The summed E-state index contributed by atoms with van der Waals surface area (Å²) in [5.41, 5.74) is 3.57. The molecule has 0 aliphatic rings. The first-order valence-corrected chi connectivity index (χ1v) is 9.01. The third kappa shape index (κ3) is 3.36. The molecule has 2 aromatic carbocycles. The van der Waals surface area contributed by atoms with Gasteiger partial charge in [0.25, 0.3) is 5.91 Å². The minimum absolute atomic E-state index is 0.0428. The second-order valence-electron chi connectivity index (χ2n) is 6.58. The van der Waals surface area contributed by atoms with E-state index in [1.807, 2.05) is 66.9 Å². The van der Waals surface area contributed by atoms with Crippen molar-refractivity contribution in [3.63, 3.8) is 0 Å². The van der Waals surface area contributed by atoms with Crippen LogP contribution in [0.2, 0.25) is 0 Å². The molecule has 0 bridgehead atoms. The van der Waals surface area contributed by atoms with Crippen molar-refractivity contribution in [2.75, 3.05) is 7.05 Å². The van der Waals surface area contributed by atoms with Gasteiger partial charge in [-0.1, -0.05) is 35.5 Å². The van der Waals surface area contributed by atoms with Gasteiger partial charge in [-0.15, -0.1) is 0 Å². The smallest absolute Gasteiger partial charge is 0.254 e. The number of hydrogen-bond donors (Lipinski definition) is 0. The topological polar surface area (TPSA) is 51.3 Å². The summed E-state index contributed by atoms with van der Waals surface area (Å²) in [6, 6.07) is 19.6. The van der Waals surface area contributed by atoms with Crippen molar-refractivity contribution in [3.8, 4) is 11.3 Å². The van der Waals surface area contributed by atoms with Gasteiger partial charge in [-0.05, 0) is 31.2 Å². The highest BCUT2D eigenvalue weighted by atomic mass is 16.5. The number of amides is 1. The lowest BCUT2D eigenvalue weighted by Gasteiger charge is -2.15.